The lowest BCUT2D eigenvalue weighted by molar-refractivity contribution is 0.102. The van der Waals surface area contributed by atoms with Gasteiger partial charge in [0, 0.05) is 10.2 Å². The number of hydrogen-bond donors (Lipinski definition) is 2. The number of carbonyl (C=O) groups excluding carboxylic acids is 1. The maximum absolute atomic E-state index is 12.4. The first kappa shape index (κ1) is 15.0. The molecule has 0 bridgehead atoms. The molecule has 0 saturated carbocycles. The zero-order valence-electron chi connectivity index (χ0n) is 12.3. The van der Waals surface area contributed by atoms with Crippen molar-refractivity contribution in [1.29, 1.82) is 0 Å². The van der Waals surface area contributed by atoms with Crippen LogP contribution in [0.1, 0.15) is 35.0 Å². The van der Waals surface area contributed by atoms with Gasteiger partial charge in [0.2, 0.25) is 0 Å². The fourth-order valence-electron chi connectivity index (χ4n) is 2.81. The monoisotopic (exact) mass is 360 g/mol. The third-order valence-electron chi connectivity index (χ3n) is 4.04. The SMILES string of the molecule is CC1CCc2[nH]c(=O)c(C(=O)Nc3ccccc3Br)cc2C1. The molecule has 0 fully saturated rings. The number of benzene rings is 1. The molecule has 0 radical (unpaired) electrons. The fraction of sp³-hybridized carbons (Fsp3) is 0.294. The van der Waals surface area contributed by atoms with E-state index in [2.05, 4.69) is 33.2 Å². The third-order valence-corrected chi connectivity index (χ3v) is 4.73. The molecular weight excluding hydrogens is 344 g/mol. The molecule has 0 spiro atoms. The van der Waals surface area contributed by atoms with E-state index in [0.29, 0.717) is 11.6 Å². The molecule has 1 heterocycles. The highest BCUT2D eigenvalue weighted by atomic mass is 79.9. The van der Waals surface area contributed by atoms with E-state index < -0.39 is 0 Å². The summed E-state index contributed by atoms with van der Waals surface area (Å²) < 4.78 is 0.784. The van der Waals surface area contributed by atoms with Gasteiger partial charge in [-0.25, -0.2) is 0 Å². The Hall–Kier alpha value is -1.88. The number of anilines is 1. The van der Waals surface area contributed by atoms with Crippen LogP contribution >= 0.6 is 15.9 Å². The van der Waals surface area contributed by atoms with Crippen LogP contribution in [0.15, 0.2) is 39.6 Å². The standard InChI is InChI=1S/C17H17BrN2O2/c1-10-6-7-14-11(8-10)9-12(16(21)19-14)17(22)20-15-5-3-2-4-13(15)18/h2-5,9-10H,6-8H2,1H3,(H,19,21)(H,20,22). The molecule has 1 aliphatic rings. The topological polar surface area (TPSA) is 62.0 Å². The molecule has 0 saturated heterocycles. The molecule has 114 valence electrons. The molecule has 1 aliphatic carbocycles. The van der Waals surface area contributed by atoms with Gasteiger partial charge < -0.3 is 10.3 Å². The van der Waals surface area contributed by atoms with Crippen LogP contribution in [0.5, 0.6) is 0 Å². The molecule has 2 aromatic rings. The van der Waals surface area contributed by atoms with Crippen molar-refractivity contribution in [3.63, 3.8) is 0 Å². The highest BCUT2D eigenvalue weighted by molar-refractivity contribution is 9.10. The number of pyridine rings is 1. The number of amides is 1. The van der Waals surface area contributed by atoms with Crippen LogP contribution in [0.25, 0.3) is 0 Å². The molecule has 1 atom stereocenters. The minimum absolute atomic E-state index is 0.170. The Morgan fingerprint density at radius 2 is 2.14 bits per heavy atom. The van der Waals surface area contributed by atoms with Gasteiger partial charge in [-0.15, -0.1) is 0 Å². The Morgan fingerprint density at radius 1 is 1.36 bits per heavy atom. The van der Waals surface area contributed by atoms with Crippen molar-refractivity contribution in [2.75, 3.05) is 5.32 Å². The summed E-state index contributed by atoms with van der Waals surface area (Å²) in [6.07, 6.45) is 2.85. The number of para-hydroxylation sites is 1. The maximum atomic E-state index is 12.4. The summed E-state index contributed by atoms with van der Waals surface area (Å²) in [5, 5.41) is 2.78. The van der Waals surface area contributed by atoms with Gasteiger partial charge in [0.15, 0.2) is 0 Å². The lowest BCUT2D eigenvalue weighted by Gasteiger charge is -2.21. The van der Waals surface area contributed by atoms with Crippen LogP contribution in [-0.4, -0.2) is 10.9 Å². The second-order valence-corrected chi connectivity index (χ2v) is 6.65. The summed E-state index contributed by atoms with van der Waals surface area (Å²) in [7, 11) is 0. The number of hydrogen-bond acceptors (Lipinski definition) is 2. The van der Waals surface area contributed by atoms with Gasteiger partial charge in [-0.2, -0.15) is 0 Å². The number of nitrogens with one attached hydrogen (secondary N) is 2. The van der Waals surface area contributed by atoms with Crippen LogP contribution in [0.4, 0.5) is 5.69 Å². The van der Waals surface area contributed by atoms with Crippen molar-refractivity contribution in [1.82, 2.24) is 4.98 Å². The Kier molecular flexibility index (Phi) is 4.16. The summed E-state index contributed by atoms with van der Waals surface area (Å²) in [6.45, 7) is 2.19. The second kappa shape index (κ2) is 6.08. The summed E-state index contributed by atoms with van der Waals surface area (Å²) in [4.78, 5) is 27.4. The number of rotatable bonds is 2. The molecule has 1 unspecified atom stereocenters. The van der Waals surface area contributed by atoms with Crippen LogP contribution < -0.4 is 10.9 Å². The van der Waals surface area contributed by atoms with E-state index in [-0.39, 0.29) is 17.0 Å². The lowest BCUT2D eigenvalue weighted by Crippen LogP contribution is -2.27. The number of aromatic amines is 1. The zero-order valence-corrected chi connectivity index (χ0v) is 13.9. The largest absolute Gasteiger partial charge is 0.325 e. The molecule has 1 amide bonds. The predicted octanol–water partition coefficient (Wildman–Crippen LogP) is 3.51. The number of fused-ring (bicyclic) bond motifs is 1. The number of carbonyl (C=O) groups is 1. The first-order valence-corrected chi connectivity index (χ1v) is 8.15. The molecular formula is C17H17BrN2O2. The normalized spacial score (nSPS) is 16.9. The van der Waals surface area contributed by atoms with E-state index in [1.165, 1.54) is 0 Å². The highest BCUT2D eigenvalue weighted by Gasteiger charge is 2.20. The van der Waals surface area contributed by atoms with Gasteiger partial charge in [-0.05, 0) is 64.9 Å². The van der Waals surface area contributed by atoms with E-state index in [1.54, 1.807) is 12.1 Å². The highest BCUT2D eigenvalue weighted by Crippen LogP contribution is 2.24. The van der Waals surface area contributed by atoms with Crippen molar-refractivity contribution in [2.24, 2.45) is 5.92 Å². The van der Waals surface area contributed by atoms with Crippen LogP contribution in [0, 0.1) is 5.92 Å². The van der Waals surface area contributed by atoms with Gasteiger partial charge in [0.25, 0.3) is 11.5 Å². The number of aromatic nitrogens is 1. The van der Waals surface area contributed by atoms with Gasteiger partial charge >= 0.3 is 0 Å². The quantitative estimate of drug-likeness (QED) is 0.860. The van der Waals surface area contributed by atoms with E-state index >= 15 is 0 Å². The Morgan fingerprint density at radius 3 is 2.91 bits per heavy atom. The minimum atomic E-state index is -0.380. The molecule has 5 heteroatoms. The second-order valence-electron chi connectivity index (χ2n) is 5.80. The minimum Gasteiger partial charge on any atom is -0.325 e. The Bertz CT molecular complexity index is 782. The summed E-state index contributed by atoms with van der Waals surface area (Å²) in [6, 6.07) is 9.08. The Balaban J connectivity index is 1.91. The molecule has 3 rings (SSSR count). The van der Waals surface area contributed by atoms with E-state index in [1.807, 2.05) is 18.2 Å². The molecule has 4 nitrogen and oxygen atoms in total. The van der Waals surface area contributed by atoms with E-state index in [9.17, 15) is 9.59 Å². The summed E-state index contributed by atoms with van der Waals surface area (Å²) >= 11 is 3.38. The zero-order chi connectivity index (χ0) is 15.7. The number of halogens is 1. The molecule has 2 N–H and O–H groups in total. The predicted molar refractivity (Wildman–Crippen MR) is 90.3 cm³/mol. The third kappa shape index (κ3) is 2.99. The van der Waals surface area contributed by atoms with Crippen molar-refractivity contribution < 1.29 is 4.79 Å². The van der Waals surface area contributed by atoms with Crippen molar-refractivity contribution in [3.05, 3.63) is 62.0 Å². The van der Waals surface area contributed by atoms with Crippen LogP contribution in [0.2, 0.25) is 0 Å². The number of H-pyrrole nitrogens is 1. The Labute approximate surface area is 137 Å². The number of aryl methyl sites for hydroxylation is 1. The van der Waals surface area contributed by atoms with Crippen molar-refractivity contribution in [2.45, 2.75) is 26.2 Å². The van der Waals surface area contributed by atoms with Crippen LogP contribution in [-0.2, 0) is 12.8 Å². The summed E-state index contributed by atoms with van der Waals surface area (Å²) in [5.41, 5.74) is 2.55. The first-order valence-electron chi connectivity index (χ1n) is 7.35. The summed E-state index contributed by atoms with van der Waals surface area (Å²) in [5.74, 6) is 0.201. The average molecular weight is 361 g/mol. The van der Waals surface area contributed by atoms with Gasteiger partial charge in [0.1, 0.15) is 5.56 Å². The molecule has 22 heavy (non-hydrogen) atoms. The first-order chi connectivity index (χ1) is 10.5. The molecule has 0 aliphatic heterocycles. The van der Waals surface area contributed by atoms with E-state index in [4.69, 9.17) is 0 Å². The maximum Gasteiger partial charge on any atom is 0.261 e. The van der Waals surface area contributed by atoms with Crippen molar-refractivity contribution >= 4 is 27.5 Å². The fourth-order valence-corrected chi connectivity index (χ4v) is 3.19. The van der Waals surface area contributed by atoms with Crippen LogP contribution in [0.3, 0.4) is 0 Å². The van der Waals surface area contributed by atoms with Gasteiger partial charge in [-0.3, -0.25) is 9.59 Å². The molecule has 1 aromatic carbocycles. The average Bonchev–Trinajstić information content (AvgIpc) is 2.49. The smallest absolute Gasteiger partial charge is 0.261 e. The lowest BCUT2D eigenvalue weighted by atomic mass is 9.87. The van der Waals surface area contributed by atoms with Crippen molar-refractivity contribution in [3.8, 4) is 0 Å². The molecule has 1 aromatic heterocycles. The van der Waals surface area contributed by atoms with Gasteiger partial charge in [0.05, 0.1) is 5.69 Å². The van der Waals surface area contributed by atoms with E-state index in [0.717, 1.165) is 35.0 Å². The van der Waals surface area contributed by atoms with Gasteiger partial charge in [-0.1, -0.05) is 19.1 Å².